The Kier molecular flexibility index (Phi) is 8.58. The Morgan fingerprint density at radius 3 is 2.14 bits per heavy atom. The Bertz CT molecular complexity index is 417. The van der Waals surface area contributed by atoms with Crippen LogP contribution >= 0.6 is 0 Å². The van der Waals surface area contributed by atoms with Gasteiger partial charge in [-0.2, -0.15) is 0 Å². The highest BCUT2D eigenvalue weighted by Gasteiger charge is 2.18. The molecule has 126 valence electrons. The van der Waals surface area contributed by atoms with Gasteiger partial charge in [-0.25, -0.2) is 19.7 Å². The van der Waals surface area contributed by atoms with E-state index >= 15 is 0 Å². The molecule has 0 bridgehead atoms. The summed E-state index contributed by atoms with van der Waals surface area (Å²) in [7, 11) is 0. The molecule has 0 radical (unpaired) electrons. The van der Waals surface area contributed by atoms with Crippen molar-refractivity contribution in [2.45, 2.75) is 52.6 Å². The molecule has 0 fully saturated rings. The molecule has 22 heavy (non-hydrogen) atoms. The van der Waals surface area contributed by atoms with Crippen molar-refractivity contribution in [2.24, 2.45) is 0 Å². The lowest BCUT2D eigenvalue weighted by Gasteiger charge is -2.19. The minimum Gasteiger partial charge on any atom is -0.443 e. The highest BCUT2D eigenvalue weighted by Crippen LogP contribution is 2.06. The molecule has 0 aliphatic rings. The van der Waals surface area contributed by atoms with E-state index < -0.39 is 29.7 Å². The molecule has 0 aliphatic carbocycles. The van der Waals surface area contributed by atoms with E-state index in [0.29, 0.717) is 6.54 Å². The first-order valence-corrected chi connectivity index (χ1v) is 7.08. The summed E-state index contributed by atoms with van der Waals surface area (Å²) < 4.78 is 4.87. The Morgan fingerprint density at radius 2 is 1.59 bits per heavy atom. The molecule has 0 aliphatic heterocycles. The average Bonchev–Trinajstić information content (AvgIpc) is 2.31. The normalized spacial score (nSPS) is 10.4. The lowest BCUT2D eigenvalue weighted by molar-refractivity contribution is 0.0548. The van der Waals surface area contributed by atoms with E-state index in [0.717, 1.165) is 19.3 Å². The standard InChI is InChI=1S/C13H25N5O4/c1-5-6-7-8-15-10(19)16-9(14)17-11(20)18-12(21)22-13(2,3)4/h5-8H2,1-4H3,(H5,14,15,16,17,18,19,20,21). The van der Waals surface area contributed by atoms with Gasteiger partial charge in [0.1, 0.15) is 5.60 Å². The third kappa shape index (κ3) is 11.5. The van der Waals surface area contributed by atoms with Crippen molar-refractivity contribution in [3.63, 3.8) is 0 Å². The summed E-state index contributed by atoms with van der Waals surface area (Å²) in [6, 6.07) is -1.57. The molecule has 0 heterocycles. The van der Waals surface area contributed by atoms with Crippen LogP contribution in [0.3, 0.4) is 0 Å². The van der Waals surface area contributed by atoms with Gasteiger partial charge in [-0.05, 0) is 27.2 Å². The SMILES string of the molecule is CCCCCNC(=O)NC(=N)NC(=O)NC(=O)OC(C)(C)C. The predicted molar refractivity (Wildman–Crippen MR) is 81.7 cm³/mol. The summed E-state index contributed by atoms with van der Waals surface area (Å²) in [5, 5.41) is 15.9. The minimum absolute atomic E-state index is 0.483. The second-order valence-electron chi connectivity index (χ2n) is 5.54. The molecule has 0 aromatic carbocycles. The van der Waals surface area contributed by atoms with Crippen molar-refractivity contribution in [1.82, 2.24) is 21.3 Å². The van der Waals surface area contributed by atoms with Crippen LogP contribution in [0.4, 0.5) is 14.4 Å². The summed E-state index contributed by atoms with van der Waals surface area (Å²) in [6.07, 6.45) is 1.92. The molecule has 0 unspecified atom stereocenters. The molecule has 9 heteroatoms. The summed E-state index contributed by atoms with van der Waals surface area (Å²) >= 11 is 0. The number of hydrogen-bond acceptors (Lipinski definition) is 5. The maximum absolute atomic E-state index is 11.4. The maximum atomic E-state index is 11.4. The molecule has 9 nitrogen and oxygen atoms in total. The summed E-state index contributed by atoms with van der Waals surface area (Å²) in [5.41, 5.74) is -0.742. The number of unbranched alkanes of at least 4 members (excludes halogenated alkanes) is 2. The highest BCUT2D eigenvalue weighted by atomic mass is 16.6. The van der Waals surface area contributed by atoms with Gasteiger partial charge in [0.25, 0.3) is 0 Å². The van der Waals surface area contributed by atoms with E-state index in [1.54, 1.807) is 20.8 Å². The molecular formula is C13H25N5O4. The molecule has 5 N–H and O–H groups in total. The fourth-order valence-electron chi connectivity index (χ4n) is 1.31. The van der Waals surface area contributed by atoms with Gasteiger partial charge in [-0.15, -0.1) is 0 Å². The van der Waals surface area contributed by atoms with Gasteiger partial charge in [-0.3, -0.25) is 16.0 Å². The number of hydrogen-bond donors (Lipinski definition) is 5. The largest absolute Gasteiger partial charge is 0.443 e. The number of carbonyl (C=O) groups excluding carboxylic acids is 3. The fraction of sp³-hybridized carbons (Fsp3) is 0.692. The Morgan fingerprint density at radius 1 is 1.00 bits per heavy atom. The quantitative estimate of drug-likeness (QED) is 0.306. The number of nitrogens with one attached hydrogen (secondary N) is 5. The van der Waals surface area contributed by atoms with Crippen LogP contribution in [-0.2, 0) is 4.74 Å². The Hall–Kier alpha value is -2.32. The number of carbonyl (C=O) groups is 3. The van der Waals surface area contributed by atoms with Crippen LogP contribution in [0.15, 0.2) is 0 Å². The van der Waals surface area contributed by atoms with E-state index in [1.165, 1.54) is 0 Å². The maximum Gasteiger partial charge on any atom is 0.415 e. The number of amides is 5. The number of guanidine groups is 1. The topological polar surface area (TPSA) is 132 Å². The molecule has 5 amide bonds. The molecule has 0 aromatic heterocycles. The van der Waals surface area contributed by atoms with Gasteiger partial charge in [0, 0.05) is 6.54 Å². The van der Waals surface area contributed by atoms with Crippen LogP contribution < -0.4 is 21.3 Å². The number of urea groups is 2. The fourth-order valence-corrected chi connectivity index (χ4v) is 1.31. The third-order valence-corrected chi connectivity index (χ3v) is 2.16. The molecule has 0 atom stereocenters. The first-order chi connectivity index (χ1) is 10.1. The van der Waals surface area contributed by atoms with Crippen molar-refractivity contribution in [3.05, 3.63) is 0 Å². The van der Waals surface area contributed by atoms with Crippen LogP contribution in [0.25, 0.3) is 0 Å². The van der Waals surface area contributed by atoms with Crippen molar-refractivity contribution in [2.75, 3.05) is 6.54 Å². The molecule has 0 aromatic rings. The molecular weight excluding hydrogens is 290 g/mol. The van der Waals surface area contributed by atoms with Crippen molar-refractivity contribution < 1.29 is 19.1 Å². The zero-order valence-electron chi connectivity index (χ0n) is 13.5. The molecule has 0 saturated carbocycles. The lowest BCUT2D eigenvalue weighted by atomic mass is 10.2. The van der Waals surface area contributed by atoms with Gasteiger partial charge >= 0.3 is 18.2 Å². The zero-order valence-corrected chi connectivity index (χ0v) is 13.5. The van der Waals surface area contributed by atoms with Gasteiger partial charge in [0.2, 0.25) is 5.96 Å². The summed E-state index contributed by atoms with van der Waals surface area (Å²) in [6.45, 7) is 7.48. The van der Waals surface area contributed by atoms with Crippen LogP contribution in [0.1, 0.15) is 47.0 Å². The predicted octanol–water partition coefficient (Wildman–Crippen LogP) is 1.64. The van der Waals surface area contributed by atoms with Crippen molar-refractivity contribution in [1.29, 1.82) is 5.41 Å². The highest BCUT2D eigenvalue weighted by molar-refractivity contribution is 6.05. The summed E-state index contributed by atoms with van der Waals surface area (Å²) in [5.74, 6) is -0.547. The third-order valence-electron chi connectivity index (χ3n) is 2.16. The van der Waals surface area contributed by atoms with E-state index in [1.807, 2.05) is 17.6 Å². The number of rotatable bonds is 4. The Balaban J connectivity index is 3.98. The Labute approximate surface area is 130 Å². The second kappa shape index (κ2) is 9.59. The van der Waals surface area contributed by atoms with Crippen LogP contribution in [-0.4, -0.2) is 36.3 Å². The van der Waals surface area contributed by atoms with Crippen molar-refractivity contribution in [3.8, 4) is 0 Å². The molecule has 0 spiro atoms. The van der Waals surface area contributed by atoms with Gasteiger partial charge in [0.15, 0.2) is 0 Å². The van der Waals surface area contributed by atoms with E-state index in [-0.39, 0.29) is 0 Å². The van der Waals surface area contributed by atoms with E-state index in [4.69, 9.17) is 10.1 Å². The first-order valence-electron chi connectivity index (χ1n) is 7.08. The lowest BCUT2D eigenvalue weighted by Crippen LogP contribution is -2.51. The van der Waals surface area contributed by atoms with Crippen LogP contribution in [0, 0.1) is 5.41 Å². The number of imide groups is 1. The van der Waals surface area contributed by atoms with E-state index in [9.17, 15) is 14.4 Å². The summed E-state index contributed by atoms with van der Waals surface area (Å²) in [4.78, 5) is 34.1. The van der Waals surface area contributed by atoms with Crippen LogP contribution in [0.2, 0.25) is 0 Å². The van der Waals surface area contributed by atoms with Gasteiger partial charge in [0.05, 0.1) is 0 Å². The monoisotopic (exact) mass is 315 g/mol. The minimum atomic E-state index is -0.967. The van der Waals surface area contributed by atoms with Gasteiger partial charge < -0.3 is 10.1 Å². The van der Waals surface area contributed by atoms with Crippen molar-refractivity contribution >= 4 is 24.1 Å². The van der Waals surface area contributed by atoms with Crippen LogP contribution in [0.5, 0.6) is 0 Å². The molecule has 0 rings (SSSR count). The zero-order chi connectivity index (χ0) is 17.2. The van der Waals surface area contributed by atoms with Gasteiger partial charge in [-0.1, -0.05) is 19.8 Å². The van der Waals surface area contributed by atoms with E-state index in [2.05, 4.69) is 10.6 Å². The first kappa shape index (κ1) is 19.7. The second-order valence-corrected chi connectivity index (χ2v) is 5.54. The number of ether oxygens (including phenoxy) is 1. The average molecular weight is 315 g/mol. The smallest absolute Gasteiger partial charge is 0.415 e. The molecule has 0 saturated heterocycles. The number of alkyl carbamates (subject to hydrolysis) is 1.